The van der Waals surface area contributed by atoms with E-state index in [4.69, 9.17) is 18.9 Å². The first-order valence-electron chi connectivity index (χ1n) is 10.4. The predicted octanol–water partition coefficient (Wildman–Crippen LogP) is 3.74. The Hall–Kier alpha value is -2.96. The number of ether oxygens (including phenoxy) is 4. The molecule has 1 aromatic carbocycles. The summed E-state index contributed by atoms with van der Waals surface area (Å²) in [6, 6.07) is 3.56. The van der Waals surface area contributed by atoms with E-state index in [1.165, 1.54) is 21.3 Å². The van der Waals surface area contributed by atoms with Gasteiger partial charge in [-0.3, -0.25) is 9.59 Å². The lowest BCUT2D eigenvalue weighted by Gasteiger charge is -2.42. The van der Waals surface area contributed by atoms with Crippen LogP contribution in [0.15, 0.2) is 35.7 Å². The molecule has 1 heterocycles. The van der Waals surface area contributed by atoms with Gasteiger partial charge in [-0.05, 0) is 24.8 Å². The average molecular weight is 430 g/mol. The first kappa shape index (κ1) is 22.7. The zero-order valence-electron chi connectivity index (χ0n) is 19.1. The van der Waals surface area contributed by atoms with Crippen LogP contribution < -0.4 is 19.5 Å². The first-order valence-corrected chi connectivity index (χ1v) is 10.4. The van der Waals surface area contributed by atoms with Crippen LogP contribution >= 0.6 is 0 Å². The maximum atomic E-state index is 13.4. The van der Waals surface area contributed by atoms with Gasteiger partial charge in [0.15, 0.2) is 17.3 Å². The average Bonchev–Trinajstić information content (AvgIpc) is 2.70. The fraction of sp³-hybridized carbons (Fsp3) is 0.500. The second-order valence-electron chi connectivity index (χ2n) is 8.61. The quantitative estimate of drug-likeness (QED) is 0.690. The SMILES string of the molecule is C=C1NC2=C(C(=O)CC(C)(C)C2)C(c2ccc(OC)c(OC)c2OC)C1C(=O)OCC. The summed E-state index contributed by atoms with van der Waals surface area (Å²) in [4.78, 5) is 26.4. The normalized spacial score (nSPS) is 22.4. The van der Waals surface area contributed by atoms with Crippen LogP contribution in [0.1, 0.15) is 45.1 Å². The number of ketones is 1. The number of hydrogen-bond donors (Lipinski definition) is 1. The molecule has 2 atom stereocenters. The van der Waals surface area contributed by atoms with Crippen LogP contribution in [-0.4, -0.2) is 39.7 Å². The molecule has 7 heteroatoms. The van der Waals surface area contributed by atoms with Crippen LogP contribution in [0.25, 0.3) is 0 Å². The summed E-state index contributed by atoms with van der Waals surface area (Å²) < 4.78 is 22.0. The van der Waals surface area contributed by atoms with Gasteiger partial charge in [0.2, 0.25) is 5.75 Å². The molecule has 2 unspecified atom stereocenters. The van der Waals surface area contributed by atoms with Crippen molar-refractivity contribution in [3.05, 3.63) is 41.2 Å². The molecular formula is C24H31NO6. The van der Waals surface area contributed by atoms with Crippen LogP contribution in [0.5, 0.6) is 17.2 Å². The topological polar surface area (TPSA) is 83.1 Å². The Labute approximate surface area is 183 Å². The van der Waals surface area contributed by atoms with Crippen molar-refractivity contribution in [2.45, 2.75) is 39.5 Å². The van der Waals surface area contributed by atoms with Gasteiger partial charge in [0.05, 0.1) is 27.9 Å². The van der Waals surface area contributed by atoms with Crippen molar-refractivity contribution in [2.24, 2.45) is 11.3 Å². The number of benzene rings is 1. The van der Waals surface area contributed by atoms with E-state index in [2.05, 4.69) is 25.7 Å². The summed E-state index contributed by atoms with van der Waals surface area (Å²) in [5, 5.41) is 3.25. The molecular weight excluding hydrogens is 398 g/mol. The van der Waals surface area contributed by atoms with Crippen LogP contribution in [-0.2, 0) is 14.3 Å². The summed E-state index contributed by atoms with van der Waals surface area (Å²) in [6.07, 6.45) is 1.07. The minimum Gasteiger partial charge on any atom is -0.493 e. The summed E-state index contributed by atoms with van der Waals surface area (Å²) >= 11 is 0. The number of nitrogens with one attached hydrogen (secondary N) is 1. The maximum absolute atomic E-state index is 13.4. The molecule has 0 saturated heterocycles. The largest absolute Gasteiger partial charge is 0.493 e. The Balaban J connectivity index is 2.29. The Bertz CT molecular complexity index is 946. The highest BCUT2D eigenvalue weighted by Crippen LogP contribution is 2.52. The molecule has 31 heavy (non-hydrogen) atoms. The van der Waals surface area contributed by atoms with Crippen LogP contribution in [0.2, 0.25) is 0 Å². The molecule has 0 aromatic heterocycles. The standard InChI is InChI=1S/C24H31NO6/c1-8-31-23(27)18-13(2)25-15-11-24(3,4)12-16(26)20(15)19(18)14-9-10-17(28-5)22(30-7)21(14)29-6/h9-10,18-19,25H,2,8,11-12H2,1,3-7H3. The van der Waals surface area contributed by atoms with Gasteiger partial charge >= 0.3 is 5.97 Å². The van der Waals surface area contributed by atoms with Gasteiger partial charge in [0.25, 0.3) is 0 Å². The summed E-state index contributed by atoms with van der Waals surface area (Å²) in [5.41, 5.74) is 2.35. The van der Waals surface area contributed by atoms with Crippen molar-refractivity contribution in [1.29, 1.82) is 0 Å². The Morgan fingerprint density at radius 1 is 1.13 bits per heavy atom. The fourth-order valence-electron chi connectivity index (χ4n) is 4.66. The highest BCUT2D eigenvalue weighted by atomic mass is 16.5. The molecule has 1 aromatic rings. The van der Waals surface area contributed by atoms with E-state index in [9.17, 15) is 9.59 Å². The smallest absolute Gasteiger partial charge is 0.315 e. The van der Waals surface area contributed by atoms with E-state index in [1.807, 2.05) is 6.07 Å². The Morgan fingerprint density at radius 3 is 2.39 bits per heavy atom. The van der Waals surface area contributed by atoms with Crippen LogP contribution in [0.4, 0.5) is 0 Å². The molecule has 3 rings (SSSR count). The van der Waals surface area contributed by atoms with Gasteiger partial charge < -0.3 is 24.3 Å². The van der Waals surface area contributed by atoms with E-state index in [-0.39, 0.29) is 17.8 Å². The van der Waals surface area contributed by atoms with Crippen molar-refractivity contribution in [3.63, 3.8) is 0 Å². The summed E-state index contributed by atoms with van der Waals surface area (Å²) in [5.74, 6) is -0.514. The lowest BCUT2D eigenvalue weighted by Crippen LogP contribution is -2.43. The van der Waals surface area contributed by atoms with E-state index >= 15 is 0 Å². The molecule has 0 saturated carbocycles. The molecule has 2 aliphatic rings. The molecule has 0 fully saturated rings. The second-order valence-corrected chi connectivity index (χ2v) is 8.61. The summed E-state index contributed by atoms with van der Waals surface area (Å²) in [7, 11) is 4.59. The predicted molar refractivity (Wildman–Crippen MR) is 116 cm³/mol. The number of Topliss-reactive ketones (excluding diaryl/α,β-unsaturated/α-hetero) is 1. The lowest BCUT2D eigenvalue weighted by atomic mass is 9.66. The first-order chi connectivity index (χ1) is 14.7. The Morgan fingerprint density at radius 2 is 1.81 bits per heavy atom. The van der Waals surface area contributed by atoms with E-state index in [1.54, 1.807) is 13.0 Å². The van der Waals surface area contributed by atoms with Crippen molar-refractivity contribution in [3.8, 4) is 17.2 Å². The number of carbonyl (C=O) groups is 2. The zero-order valence-corrected chi connectivity index (χ0v) is 19.1. The van der Waals surface area contributed by atoms with Gasteiger partial charge in [-0.15, -0.1) is 0 Å². The Kier molecular flexibility index (Phi) is 6.34. The molecule has 0 radical (unpaired) electrons. The third-order valence-corrected chi connectivity index (χ3v) is 5.86. The van der Waals surface area contributed by atoms with Crippen LogP contribution in [0.3, 0.4) is 0 Å². The second kappa shape index (κ2) is 8.65. The van der Waals surface area contributed by atoms with E-state index in [0.29, 0.717) is 46.9 Å². The van der Waals surface area contributed by atoms with E-state index < -0.39 is 17.8 Å². The van der Waals surface area contributed by atoms with Gasteiger partial charge in [-0.1, -0.05) is 26.5 Å². The monoisotopic (exact) mass is 429 g/mol. The number of methoxy groups -OCH3 is 3. The van der Waals surface area contributed by atoms with Crippen molar-refractivity contribution < 1.29 is 28.5 Å². The molecule has 0 amide bonds. The van der Waals surface area contributed by atoms with Gasteiger partial charge in [0.1, 0.15) is 5.92 Å². The van der Waals surface area contributed by atoms with Crippen molar-refractivity contribution in [2.75, 3.05) is 27.9 Å². The van der Waals surface area contributed by atoms with E-state index in [0.717, 1.165) is 5.70 Å². The minimum absolute atomic E-state index is 0.00221. The third-order valence-electron chi connectivity index (χ3n) is 5.86. The fourth-order valence-corrected chi connectivity index (χ4v) is 4.66. The van der Waals surface area contributed by atoms with Crippen LogP contribution in [0, 0.1) is 11.3 Å². The number of hydrogen-bond acceptors (Lipinski definition) is 7. The molecule has 0 spiro atoms. The maximum Gasteiger partial charge on any atom is 0.315 e. The number of esters is 1. The minimum atomic E-state index is -0.782. The number of allylic oxidation sites excluding steroid dienone is 2. The van der Waals surface area contributed by atoms with Crippen molar-refractivity contribution >= 4 is 11.8 Å². The molecule has 1 aliphatic carbocycles. The zero-order chi connectivity index (χ0) is 22.9. The van der Waals surface area contributed by atoms with Crippen molar-refractivity contribution in [1.82, 2.24) is 5.32 Å². The van der Waals surface area contributed by atoms with Gasteiger partial charge in [-0.25, -0.2) is 0 Å². The highest BCUT2D eigenvalue weighted by Gasteiger charge is 2.48. The van der Waals surface area contributed by atoms with Gasteiger partial charge in [-0.2, -0.15) is 0 Å². The highest BCUT2D eigenvalue weighted by molar-refractivity contribution is 6.01. The number of rotatable bonds is 6. The van der Waals surface area contributed by atoms with Gasteiger partial charge in [0, 0.05) is 34.9 Å². The summed E-state index contributed by atoms with van der Waals surface area (Å²) in [6.45, 7) is 10.2. The molecule has 7 nitrogen and oxygen atoms in total. The number of carbonyl (C=O) groups excluding carboxylic acids is 2. The molecule has 1 aliphatic heterocycles. The molecule has 0 bridgehead atoms. The molecule has 1 N–H and O–H groups in total. The molecule has 168 valence electrons. The third kappa shape index (κ3) is 4.01. The lowest BCUT2D eigenvalue weighted by molar-refractivity contribution is -0.147.